The fourth-order valence-electron chi connectivity index (χ4n) is 2.22. The Balaban J connectivity index is 2.37. The lowest BCUT2D eigenvalue weighted by atomic mass is 9.94. The molecule has 18 heavy (non-hydrogen) atoms. The van der Waals surface area contributed by atoms with Crippen molar-refractivity contribution in [3.8, 4) is 0 Å². The molecule has 1 heterocycles. The lowest BCUT2D eigenvalue weighted by Crippen LogP contribution is -2.14. The Morgan fingerprint density at radius 2 is 2.00 bits per heavy atom. The quantitative estimate of drug-likeness (QED) is 0.891. The first kappa shape index (κ1) is 12.8. The van der Waals surface area contributed by atoms with Gasteiger partial charge in [-0.05, 0) is 41.2 Å². The first-order chi connectivity index (χ1) is 8.76. The molecule has 1 aromatic carbocycles. The average Bonchev–Trinajstić information content (AvgIpc) is 2.46. The SMILES string of the molecule is CCc1cccc(C(N)c2ccncc2CC)c1. The largest absolute Gasteiger partial charge is 0.320 e. The number of pyridine rings is 1. The van der Waals surface area contributed by atoms with Crippen LogP contribution in [0.1, 0.15) is 42.1 Å². The summed E-state index contributed by atoms with van der Waals surface area (Å²) in [4.78, 5) is 4.17. The number of nitrogens with zero attached hydrogens (tertiary/aromatic N) is 1. The van der Waals surface area contributed by atoms with Crippen molar-refractivity contribution in [1.29, 1.82) is 0 Å². The van der Waals surface area contributed by atoms with E-state index >= 15 is 0 Å². The molecule has 0 saturated carbocycles. The number of hydrogen-bond donors (Lipinski definition) is 1. The van der Waals surface area contributed by atoms with E-state index in [1.54, 1.807) is 0 Å². The summed E-state index contributed by atoms with van der Waals surface area (Å²) in [6, 6.07) is 10.5. The second kappa shape index (κ2) is 5.78. The van der Waals surface area contributed by atoms with Gasteiger partial charge in [0.25, 0.3) is 0 Å². The number of aromatic nitrogens is 1. The van der Waals surface area contributed by atoms with Crippen LogP contribution in [-0.2, 0) is 12.8 Å². The molecule has 0 spiro atoms. The summed E-state index contributed by atoms with van der Waals surface area (Å²) in [5, 5.41) is 0. The van der Waals surface area contributed by atoms with Crippen molar-refractivity contribution in [1.82, 2.24) is 4.98 Å². The van der Waals surface area contributed by atoms with Crippen LogP contribution in [0.5, 0.6) is 0 Å². The van der Waals surface area contributed by atoms with Crippen molar-refractivity contribution >= 4 is 0 Å². The topological polar surface area (TPSA) is 38.9 Å². The van der Waals surface area contributed by atoms with Crippen molar-refractivity contribution in [2.24, 2.45) is 5.73 Å². The van der Waals surface area contributed by atoms with Crippen LogP contribution in [0.15, 0.2) is 42.7 Å². The van der Waals surface area contributed by atoms with E-state index in [4.69, 9.17) is 5.73 Å². The van der Waals surface area contributed by atoms with Crippen molar-refractivity contribution in [2.75, 3.05) is 0 Å². The first-order valence-electron chi connectivity index (χ1n) is 6.53. The van der Waals surface area contributed by atoms with Gasteiger partial charge in [-0.15, -0.1) is 0 Å². The molecule has 0 saturated heterocycles. The molecule has 0 aliphatic heterocycles. The lowest BCUT2D eigenvalue weighted by Gasteiger charge is -2.16. The maximum Gasteiger partial charge on any atom is 0.0555 e. The van der Waals surface area contributed by atoms with Crippen LogP contribution in [0.3, 0.4) is 0 Å². The molecule has 2 heteroatoms. The summed E-state index contributed by atoms with van der Waals surface area (Å²) in [5.74, 6) is 0. The molecule has 0 amide bonds. The van der Waals surface area contributed by atoms with Crippen LogP contribution in [0.2, 0.25) is 0 Å². The highest BCUT2D eigenvalue weighted by molar-refractivity contribution is 5.37. The van der Waals surface area contributed by atoms with Crippen LogP contribution in [0.4, 0.5) is 0 Å². The summed E-state index contributed by atoms with van der Waals surface area (Å²) in [7, 11) is 0. The van der Waals surface area contributed by atoms with Crippen LogP contribution < -0.4 is 5.73 Å². The normalized spacial score (nSPS) is 12.4. The minimum absolute atomic E-state index is 0.0607. The van der Waals surface area contributed by atoms with Gasteiger partial charge < -0.3 is 5.73 Å². The van der Waals surface area contributed by atoms with Gasteiger partial charge in [0.1, 0.15) is 0 Å². The van der Waals surface area contributed by atoms with E-state index in [1.807, 2.05) is 18.5 Å². The second-order valence-corrected chi connectivity index (χ2v) is 4.50. The predicted octanol–water partition coefficient (Wildman–Crippen LogP) is 3.25. The van der Waals surface area contributed by atoms with E-state index in [2.05, 4.69) is 43.1 Å². The summed E-state index contributed by atoms with van der Waals surface area (Å²) < 4.78 is 0. The highest BCUT2D eigenvalue weighted by Crippen LogP contribution is 2.23. The molecule has 2 aromatic rings. The lowest BCUT2D eigenvalue weighted by molar-refractivity contribution is 0.840. The minimum Gasteiger partial charge on any atom is -0.320 e. The molecule has 2 N–H and O–H groups in total. The fourth-order valence-corrected chi connectivity index (χ4v) is 2.22. The molecule has 0 radical (unpaired) electrons. The molecular formula is C16H20N2. The van der Waals surface area contributed by atoms with Crippen molar-refractivity contribution < 1.29 is 0 Å². The Morgan fingerprint density at radius 3 is 2.72 bits per heavy atom. The maximum atomic E-state index is 6.39. The van der Waals surface area contributed by atoms with E-state index in [1.165, 1.54) is 22.3 Å². The number of rotatable bonds is 4. The zero-order valence-electron chi connectivity index (χ0n) is 11.1. The molecule has 0 aliphatic rings. The van der Waals surface area contributed by atoms with Crippen LogP contribution in [0.25, 0.3) is 0 Å². The highest BCUT2D eigenvalue weighted by atomic mass is 14.7. The Bertz CT molecular complexity index is 520. The number of hydrogen-bond acceptors (Lipinski definition) is 2. The fraction of sp³-hybridized carbons (Fsp3) is 0.312. The highest BCUT2D eigenvalue weighted by Gasteiger charge is 2.12. The van der Waals surface area contributed by atoms with Gasteiger partial charge in [-0.1, -0.05) is 38.1 Å². The molecule has 0 fully saturated rings. The van der Waals surface area contributed by atoms with Gasteiger partial charge in [0, 0.05) is 12.4 Å². The number of nitrogens with two attached hydrogens (primary N) is 1. The Kier molecular flexibility index (Phi) is 4.11. The summed E-state index contributed by atoms with van der Waals surface area (Å²) in [6.45, 7) is 4.30. The van der Waals surface area contributed by atoms with Crippen LogP contribution in [0, 0.1) is 0 Å². The second-order valence-electron chi connectivity index (χ2n) is 4.50. The van der Waals surface area contributed by atoms with Gasteiger partial charge in [-0.2, -0.15) is 0 Å². The van der Waals surface area contributed by atoms with E-state index < -0.39 is 0 Å². The van der Waals surface area contributed by atoms with Gasteiger partial charge >= 0.3 is 0 Å². The molecule has 0 aliphatic carbocycles. The van der Waals surface area contributed by atoms with Crippen molar-refractivity contribution in [3.05, 3.63) is 65.0 Å². The standard InChI is InChI=1S/C16H20N2/c1-3-12-6-5-7-14(10-12)16(17)15-8-9-18-11-13(15)4-2/h5-11,16H,3-4,17H2,1-2H3. The Hall–Kier alpha value is -1.67. The zero-order valence-corrected chi connectivity index (χ0v) is 11.1. The first-order valence-corrected chi connectivity index (χ1v) is 6.53. The Morgan fingerprint density at radius 1 is 1.17 bits per heavy atom. The van der Waals surface area contributed by atoms with E-state index in [0.29, 0.717) is 0 Å². The van der Waals surface area contributed by atoms with E-state index in [0.717, 1.165) is 12.8 Å². The van der Waals surface area contributed by atoms with Crippen LogP contribution >= 0.6 is 0 Å². The van der Waals surface area contributed by atoms with E-state index in [-0.39, 0.29) is 6.04 Å². The van der Waals surface area contributed by atoms with Gasteiger partial charge in [0.05, 0.1) is 6.04 Å². The predicted molar refractivity (Wildman–Crippen MR) is 75.5 cm³/mol. The smallest absolute Gasteiger partial charge is 0.0555 e. The third kappa shape index (κ3) is 2.59. The van der Waals surface area contributed by atoms with Gasteiger partial charge in [0.15, 0.2) is 0 Å². The van der Waals surface area contributed by atoms with Crippen LogP contribution in [-0.4, -0.2) is 4.98 Å². The third-order valence-electron chi connectivity index (χ3n) is 3.38. The summed E-state index contributed by atoms with van der Waals surface area (Å²) in [5.41, 5.74) is 11.3. The monoisotopic (exact) mass is 240 g/mol. The molecule has 0 bridgehead atoms. The zero-order chi connectivity index (χ0) is 13.0. The average molecular weight is 240 g/mol. The van der Waals surface area contributed by atoms with Gasteiger partial charge in [0.2, 0.25) is 0 Å². The molecule has 94 valence electrons. The maximum absolute atomic E-state index is 6.39. The molecular weight excluding hydrogens is 220 g/mol. The van der Waals surface area contributed by atoms with Gasteiger partial charge in [-0.25, -0.2) is 0 Å². The summed E-state index contributed by atoms with van der Waals surface area (Å²) in [6.07, 6.45) is 5.73. The molecule has 1 atom stereocenters. The third-order valence-corrected chi connectivity index (χ3v) is 3.38. The van der Waals surface area contributed by atoms with Crippen molar-refractivity contribution in [3.63, 3.8) is 0 Å². The Labute approximate surface area is 109 Å². The van der Waals surface area contributed by atoms with Gasteiger partial charge in [-0.3, -0.25) is 4.98 Å². The number of benzene rings is 1. The molecule has 1 aromatic heterocycles. The minimum atomic E-state index is -0.0607. The van der Waals surface area contributed by atoms with Crippen molar-refractivity contribution in [2.45, 2.75) is 32.7 Å². The molecule has 2 rings (SSSR count). The number of aryl methyl sites for hydroxylation is 2. The molecule has 1 unspecified atom stereocenters. The molecule has 2 nitrogen and oxygen atoms in total. The summed E-state index contributed by atoms with van der Waals surface area (Å²) >= 11 is 0. The van der Waals surface area contributed by atoms with E-state index in [9.17, 15) is 0 Å².